The fourth-order valence-electron chi connectivity index (χ4n) is 8.53. The minimum atomic E-state index is -0.432. The Bertz CT molecular complexity index is 794. The summed E-state index contributed by atoms with van der Waals surface area (Å²) in [6.07, 6.45) is 14.2. The highest BCUT2D eigenvalue weighted by atomic mass is 16.3. The van der Waals surface area contributed by atoms with E-state index in [0.717, 1.165) is 49.0 Å². The fraction of sp³-hybridized carbons (Fsp3) is 0.778. The van der Waals surface area contributed by atoms with Crippen molar-refractivity contribution in [2.75, 3.05) is 6.54 Å². The minimum absolute atomic E-state index is 0.0326. The molecule has 0 saturated heterocycles. The third-order valence-corrected chi connectivity index (χ3v) is 10.1. The molecule has 1 aromatic heterocycles. The molecule has 4 nitrogen and oxygen atoms in total. The molecule has 4 fully saturated rings. The van der Waals surface area contributed by atoms with Gasteiger partial charge >= 0.3 is 0 Å². The van der Waals surface area contributed by atoms with Crippen molar-refractivity contribution in [3.8, 4) is 0 Å². The second kappa shape index (κ2) is 8.17. The molecule has 0 radical (unpaired) electrons. The molecular formula is C27H40N2O2. The van der Waals surface area contributed by atoms with Crippen LogP contribution in [0.4, 0.5) is 0 Å². The molecule has 8 atom stereocenters. The fourth-order valence-corrected chi connectivity index (χ4v) is 8.53. The van der Waals surface area contributed by atoms with Crippen LogP contribution in [0.5, 0.6) is 0 Å². The van der Waals surface area contributed by atoms with E-state index in [1.807, 2.05) is 12.1 Å². The number of hydrogen-bond donors (Lipinski definition) is 2. The van der Waals surface area contributed by atoms with Crippen molar-refractivity contribution in [1.29, 1.82) is 0 Å². The summed E-state index contributed by atoms with van der Waals surface area (Å²) in [5, 5.41) is 13.8. The Balaban J connectivity index is 1.27. The summed E-state index contributed by atoms with van der Waals surface area (Å²) >= 11 is 0. The number of carbonyl (C=O) groups is 1. The Morgan fingerprint density at radius 2 is 1.90 bits per heavy atom. The van der Waals surface area contributed by atoms with Crippen molar-refractivity contribution >= 4 is 5.91 Å². The van der Waals surface area contributed by atoms with Gasteiger partial charge in [0.05, 0.1) is 5.60 Å². The molecule has 4 aliphatic rings. The Hall–Kier alpha value is -1.42. The molecule has 1 amide bonds. The van der Waals surface area contributed by atoms with Gasteiger partial charge in [0.25, 0.3) is 5.91 Å². The maximum absolute atomic E-state index is 12.6. The standard InChI is InChI=1S/C27H40N2O2/c1-26(31)13-11-20-18(16-26)9-10-22-21(20)12-14-27(2)19(6-5-7-23(22)27)17-29-25(30)24-8-3-4-15-28-24/h3-4,8,15,18-23,31H,5-7,9-14,16-17H2,1-2H3,(H,29,30)/t18-,19-,20+,21-,22-,23+,26-,27-/m1/s1. The highest BCUT2D eigenvalue weighted by molar-refractivity contribution is 5.92. The van der Waals surface area contributed by atoms with Crippen LogP contribution in [0.15, 0.2) is 24.4 Å². The number of nitrogens with zero attached hydrogens (tertiary/aromatic N) is 1. The molecule has 170 valence electrons. The van der Waals surface area contributed by atoms with E-state index in [2.05, 4.69) is 24.1 Å². The number of aliphatic hydroxyl groups is 1. The van der Waals surface area contributed by atoms with Crippen LogP contribution in [-0.2, 0) is 0 Å². The lowest BCUT2D eigenvalue weighted by Gasteiger charge is -2.61. The Morgan fingerprint density at radius 1 is 1.06 bits per heavy atom. The third kappa shape index (κ3) is 3.94. The largest absolute Gasteiger partial charge is 0.390 e. The molecule has 4 heteroatoms. The number of pyridine rings is 1. The summed E-state index contributed by atoms with van der Waals surface area (Å²) < 4.78 is 0. The van der Waals surface area contributed by atoms with E-state index in [1.54, 1.807) is 12.3 Å². The zero-order valence-corrected chi connectivity index (χ0v) is 19.4. The van der Waals surface area contributed by atoms with E-state index in [1.165, 1.54) is 51.4 Å². The molecule has 0 spiro atoms. The summed E-state index contributed by atoms with van der Waals surface area (Å²) in [5.41, 5.74) is 0.443. The SMILES string of the molecule is C[C@@]1(O)CC[C@H]2[C@H](CC[C@@H]3[C@@H]2CC[C@]2(C)[C@@H](CNC(=O)c4ccccn4)CCC[C@@H]32)C1. The van der Waals surface area contributed by atoms with E-state index in [4.69, 9.17) is 0 Å². The van der Waals surface area contributed by atoms with E-state index in [0.29, 0.717) is 17.0 Å². The van der Waals surface area contributed by atoms with Gasteiger partial charge in [-0.05, 0) is 118 Å². The first-order valence-electron chi connectivity index (χ1n) is 12.8. The molecule has 31 heavy (non-hydrogen) atoms. The van der Waals surface area contributed by atoms with Gasteiger partial charge in [0.15, 0.2) is 0 Å². The summed E-state index contributed by atoms with van der Waals surface area (Å²) in [4.78, 5) is 16.8. The molecule has 1 aromatic rings. The van der Waals surface area contributed by atoms with Crippen LogP contribution in [-0.4, -0.2) is 28.1 Å². The predicted molar refractivity (Wildman–Crippen MR) is 122 cm³/mol. The topological polar surface area (TPSA) is 62.2 Å². The van der Waals surface area contributed by atoms with Crippen molar-refractivity contribution in [2.24, 2.45) is 40.9 Å². The van der Waals surface area contributed by atoms with Gasteiger partial charge < -0.3 is 10.4 Å². The first-order chi connectivity index (χ1) is 14.9. The number of carbonyl (C=O) groups excluding carboxylic acids is 1. The molecule has 0 aromatic carbocycles. The first-order valence-corrected chi connectivity index (χ1v) is 12.8. The van der Waals surface area contributed by atoms with Gasteiger partial charge in [-0.2, -0.15) is 0 Å². The Kier molecular flexibility index (Phi) is 5.65. The van der Waals surface area contributed by atoms with Crippen LogP contribution >= 0.6 is 0 Å². The van der Waals surface area contributed by atoms with E-state index in [-0.39, 0.29) is 5.91 Å². The number of aromatic nitrogens is 1. The third-order valence-electron chi connectivity index (χ3n) is 10.1. The van der Waals surface area contributed by atoms with Crippen molar-refractivity contribution in [2.45, 2.75) is 83.7 Å². The summed E-state index contributed by atoms with van der Waals surface area (Å²) in [6.45, 7) is 5.38. The van der Waals surface area contributed by atoms with Gasteiger partial charge in [-0.25, -0.2) is 0 Å². The average molecular weight is 425 g/mol. The van der Waals surface area contributed by atoms with E-state index in [9.17, 15) is 9.90 Å². The summed E-state index contributed by atoms with van der Waals surface area (Å²) in [6, 6.07) is 5.53. The number of hydrogen-bond acceptors (Lipinski definition) is 3. The lowest BCUT2D eigenvalue weighted by atomic mass is 9.45. The normalized spacial score (nSPS) is 44.5. The first kappa shape index (κ1) is 21.4. The Labute approximate surface area is 187 Å². The maximum atomic E-state index is 12.6. The number of rotatable bonds is 3. The molecule has 4 aliphatic carbocycles. The van der Waals surface area contributed by atoms with Crippen molar-refractivity contribution in [3.63, 3.8) is 0 Å². The average Bonchev–Trinajstić information content (AvgIpc) is 2.76. The number of nitrogens with one attached hydrogen (secondary N) is 1. The van der Waals surface area contributed by atoms with Crippen LogP contribution in [0.1, 0.15) is 88.5 Å². The predicted octanol–water partition coefficient (Wildman–Crippen LogP) is 5.22. The van der Waals surface area contributed by atoms with Crippen molar-refractivity contribution in [1.82, 2.24) is 10.3 Å². The summed E-state index contributed by atoms with van der Waals surface area (Å²) in [5.74, 6) is 4.66. The zero-order chi connectivity index (χ0) is 21.6. The highest BCUT2D eigenvalue weighted by Crippen LogP contribution is 2.63. The molecule has 5 rings (SSSR count). The van der Waals surface area contributed by atoms with Gasteiger partial charge in [0, 0.05) is 12.7 Å². The van der Waals surface area contributed by atoms with Crippen LogP contribution < -0.4 is 5.32 Å². The quantitative estimate of drug-likeness (QED) is 0.699. The smallest absolute Gasteiger partial charge is 0.269 e. The zero-order valence-electron chi connectivity index (χ0n) is 19.4. The van der Waals surface area contributed by atoms with Gasteiger partial charge in [-0.1, -0.05) is 19.4 Å². The number of fused-ring (bicyclic) bond motifs is 5. The monoisotopic (exact) mass is 424 g/mol. The second-order valence-electron chi connectivity index (χ2n) is 11.8. The van der Waals surface area contributed by atoms with E-state index >= 15 is 0 Å². The Morgan fingerprint density at radius 3 is 2.71 bits per heavy atom. The molecule has 4 saturated carbocycles. The van der Waals surface area contributed by atoms with Crippen LogP contribution in [0.3, 0.4) is 0 Å². The molecule has 1 heterocycles. The molecule has 0 aliphatic heterocycles. The van der Waals surface area contributed by atoms with Crippen LogP contribution in [0.25, 0.3) is 0 Å². The molecule has 2 N–H and O–H groups in total. The molecule has 0 bridgehead atoms. The maximum Gasteiger partial charge on any atom is 0.269 e. The van der Waals surface area contributed by atoms with Gasteiger partial charge in [-0.15, -0.1) is 0 Å². The van der Waals surface area contributed by atoms with Gasteiger partial charge in [0.1, 0.15) is 5.69 Å². The van der Waals surface area contributed by atoms with Crippen molar-refractivity contribution in [3.05, 3.63) is 30.1 Å². The lowest BCUT2D eigenvalue weighted by molar-refractivity contribution is -0.125. The van der Waals surface area contributed by atoms with Crippen LogP contribution in [0.2, 0.25) is 0 Å². The van der Waals surface area contributed by atoms with Crippen LogP contribution in [0, 0.1) is 40.9 Å². The second-order valence-corrected chi connectivity index (χ2v) is 11.8. The minimum Gasteiger partial charge on any atom is -0.390 e. The summed E-state index contributed by atoms with van der Waals surface area (Å²) in [7, 11) is 0. The molecule has 0 unspecified atom stereocenters. The molecular weight excluding hydrogens is 384 g/mol. The highest BCUT2D eigenvalue weighted by Gasteiger charge is 2.55. The lowest BCUT2D eigenvalue weighted by Crippen LogP contribution is -2.55. The van der Waals surface area contributed by atoms with Crippen molar-refractivity contribution < 1.29 is 9.90 Å². The van der Waals surface area contributed by atoms with E-state index < -0.39 is 5.60 Å². The van der Waals surface area contributed by atoms with Gasteiger partial charge in [0.2, 0.25) is 0 Å². The van der Waals surface area contributed by atoms with Gasteiger partial charge in [-0.3, -0.25) is 9.78 Å². The number of amides is 1.